The maximum atomic E-state index is 13.1. The summed E-state index contributed by atoms with van der Waals surface area (Å²) in [4.78, 5) is 47.6. The van der Waals surface area contributed by atoms with Crippen molar-refractivity contribution in [1.29, 1.82) is 0 Å². The van der Waals surface area contributed by atoms with E-state index in [1.807, 2.05) is 42.2 Å². The van der Waals surface area contributed by atoms with Crippen LogP contribution in [0.5, 0.6) is 0 Å². The van der Waals surface area contributed by atoms with Gasteiger partial charge in [-0.2, -0.15) is 54.0 Å². The van der Waals surface area contributed by atoms with Gasteiger partial charge in [-0.1, -0.05) is 65.8 Å². The molecule has 280 valence electrons. The van der Waals surface area contributed by atoms with E-state index in [1.165, 1.54) is 0 Å². The number of nitrogens with zero attached hydrogens (tertiary/aromatic N) is 5. The zero-order valence-electron chi connectivity index (χ0n) is 30.7. The molecule has 9 nitrogen and oxygen atoms in total. The minimum atomic E-state index is 0. The van der Waals surface area contributed by atoms with Gasteiger partial charge in [0.15, 0.2) is 0 Å². The Morgan fingerprint density at radius 2 is 1.27 bits per heavy atom. The molecule has 6 rings (SSSR count). The highest BCUT2D eigenvalue weighted by Crippen LogP contribution is 2.34. The summed E-state index contributed by atoms with van der Waals surface area (Å²) in [6.07, 6.45) is 9.57. The predicted molar refractivity (Wildman–Crippen MR) is 229 cm³/mol. The van der Waals surface area contributed by atoms with Crippen LogP contribution in [-0.4, -0.2) is 67.2 Å². The average Bonchev–Trinajstić information content (AvgIpc) is 3.87. The number of rotatable bonds is 10. The minimum Gasteiger partial charge on any atom is -0.352 e. The van der Waals surface area contributed by atoms with Crippen LogP contribution in [-0.2, 0) is 9.59 Å². The molecule has 0 bridgehead atoms. The molecule has 2 fully saturated rings. The molecule has 51 heavy (non-hydrogen) atoms. The normalized spacial score (nSPS) is 18.0. The summed E-state index contributed by atoms with van der Waals surface area (Å²) in [5.74, 6) is 2.59. The lowest BCUT2D eigenvalue weighted by molar-refractivity contribution is -0.138. The highest BCUT2D eigenvalue weighted by molar-refractivity contribution is 7.59. The van der Waals surface area contributed by atoms with Gasteiger partial charge in [0.2, 0.25) is 17.8 Å². The number of carbonyl (C=O) groups is 2. The average molecular weight is 772 g/mol. The molecule has 2 aliphatic rings. The molecule has 2 aromatic heterocycles. The third kappa shape index (κ3) is 9.77. The molecule has 2 aliphatic heterocycles. The van der Waals surface area contributed by atoms with Gasteiger partial charge in [-0.05, 0) is 66.0 Å². The summed E-state index contributed by atoms with van der Waals surface area (Å²) in [7, 11) is 0. The van der Waals surface area contributed by atoms with Crippen LogP contribution < -0.4 is 5.32 Å². The van der Waals surface area contributed by atoms with E-state index in [-0.39, 0.29) is 89.7 Å². The van der Waals surface area contributed by atoms with Gasteiger partial charge in [0.1, 0.15) is 5.82 Å². The van der Waals surface area contributed by atoms with E-state index in [0.29, 0.717) is 24.3 Å². The maximum absolute atomic E-state index is 13.1. The quantitative estimate of drug-likeness (QED) is 0.171. The molecule has 0 unspecified atom stereocenters. The van der Waals surface area contributed by atoms with Crippen LogP contribution >= 0.6 is 54.0 Å². The zero-order valence-corrected chi connectivity index (χ0v) is 34.7. The Kier molecular flexibility index (Phi) is 16.7. The molecular formula is C38H57N7O2S4. The molecule has 2 N–H and O–H groups in total. The summed E-state index contributed by atoms with van der Waals surface area (Å²) in [6.45, 7) is 14.8. The zero-order chi connectivity index (χ0) is 33.2. The number of benzene rings is 2. The SMILES string of the molecule is CC(C)[C@H](C)C(=O)N1CCC[C@H]1CNc1ncc(-c2ccc3cc(-c4cnc([C@@H]5CCCN5C(=O)[C@@H](C)C(C)C)[nH]4)ccc3c2)cn1.S.S.S.S. The van der Waals surface area contributed by atoms with E-state index in [9.17, 15) is 9.59 Å². The van der Waals surface area contributed by atoms with Crippen molar-refractivity contribution >= 4 is 82.5 Å². The van der Waals surface area contributed by atoms with E-state index < -0.39 is 0 Å². The minimum absolute atomic E-state index is 0. The highest BCUT2D eigenvalue weighted by atomic mass is 32.1. The van der Waals surface area contributed by atoms with Crippen molar-refractivity contribution in [1.82, 2.24) is 29.7 Å². The molecule has 2 amide bonds. The largest absolute Gasteiger partial charge is 0.352 e. The third-order valence-electron chi connectivity index (χ3n) is 10.5. The second kappa shape index (κ2) is 19.3. The number of anilines is 1. The van der Waals surface area contributed by atoms with Crippen LogP contribution in [0.3, 0.4) is 0 Å². The number of fused-ring (bicyclic) bond motifs is 1. The van der Waals surface area contributed by atoms with Gasteiger partial charge < -0.3 is 20.1 Å². The van der Waals surface area contributed by atoms with Crippen molar-refractivity contribution in [2.45, 2.75) is 79.3 Å². The van der Waals surface area contributed by atoms with Crippen molar-refractivity contribution in [2.24, 2.45) is 23.7 Å². The van der Waals surface area contributed by atoms with Crippen molar-refractivity contribution in [3.63, 3.8) is 0 Å². The first-order chi connectivity index (χ1) is 22.6. The van der Waals surface area contributed by atoms with Crippen molar-refractivity contribution in [3.05, 3.63) is 60.8 Å². The Morgan fingerprint density at radius 3 is 1.90 bits per heavy atom. The molecule has 0 spiro atoms. The van der Waals surface area contributed by atoms with Crippen molar-refractivity contribution in [2.75, 3.05) is 25.0 Å². The topological polar surface area (TPSA) is 107 Å². The number of imidazole rings is 1. The van der Waals surface area contributed by atoms with Crippen LogP contribution in [0.1, 0.15) is 79.1 Å². The number of nitrogens with one attached hydrogen (secondary N) is 2. The fourth-order valence-corrected chi connectivity index (χ4v) is 6.77. The van der Waals surface area contributed by atoms with Gasteiger partial charge in [0.25, 0.3) is 0 Å². The Balaban J connectivity index is 0.00000225. The number of hydrogen-bond acceptors (Lipinski definition) is 6. The van der Waals surface area contributed by atoms with Gasteiger partial charge >= 0.3 is 0 Å². The standard InChI is InChI=1S/C38H49N7O2.4H2S/c1-23(2)25(5)36(46)44-15-7-9-32(44)21-42-38-40-19-31(20-41-38)29-12-11-28-18-30(14-13-27(28)17-29)33-22-39-35(43-33)34-10-8-16-45(34)37(47)26(6)24(3)4;;;;/h11-14,17-20,22-26,32,34H,7-10,15-16,21H2,1-6H3,(H,39,43)(H,40,41,42);4*1H2/t25-,26-,32-,34-;;;;/m0..../s1. The molecule has 13 heteroatoms. The summed E-state index contributed by atoms with van der Waals surface area (Å²) >= 11 is 0. The van der Waals surface area contributed by atoms with Crippen LogP contribution in [0.4, 0.5) is 5.95 Å². The number of aromatic nitrogens is 4. The lowest BCUT2D eigenvalue weighted by atomic mass is 9.96. The summed E-state index contributed by atoms with van der Waals surface area (Å²) in [5, 5.41) is 5.62. The third-order valence-corrected chi connectivity index (χ3v) is 10.5. The second-order valence-electron chi connectivity index (χ2n) is 14.2. The van der Waals surface area contributed by atoms with Crippen molar-refractivity contribution < 1.29 is 9.59 Å². The molecule has 0 saturated carbocycles. The first-order valence-corrected chi connectivity index (χ1v) is 17.4. The number of likely N-dealkylation sites (tertiary alicyclic amines) is 2. The number of hydrogen-bond donors (Lipinski definition) is 2. The van der Waals surface area contributed by atoms with Gasteiger partial charge in [0, 0.05) is 61.0 Å². The summed E-state index contributed by atoms with van der Waals surface area (Å²) in [5.41, 5.74) is 4.02. The molecule has 0 radical (unpaired) electrons. The fourth-order valence-electron chi connectivity index (χ4n) is 6.77. The Morgan fingerprint density at radius 1 is 0.725 bits per heavy atom. The first-order valence-electron chi connectivity index (χ1n) is 17.4. The maximum Gasteiger partial charge on any atom is 0.226 e. The first kappa shape index (κ1) is 44.3. The van der Waals surface area contributed by atoms with E-state index >= 15 is 0 Å². The van der Waals surface area contributed by atoms with Crippen LogP contribution in [0, 0.1) is 23.7 Å². The molecule has 4 atom stereocenters. The number of amides is 2. The van der Waals surface area contributed by atoms with Gasteiger partial charge in [-0.3, -0.25) is 9.59 Å². The molecule has 2 aromatic carbocycles. The number of aromatic amines is 1. The monoisotopic (exact) mass is 771 g/mol. The van der Waals surface area contributed by atoms with E-state index in [0.717, 1.165) is 77.8 Å². The van der Waals surface area contributed by atoms with E-state index in [1.54, 1.807) is 0 Å². The van der Waals surface area contributed by atoms with Crippen LogP contribution in [0.25, 0.3) is 33.2 Å². The second-order valence-corrected chi connectivity index (χ2v) is 14.2. The Hall–Kier alpha value is -2.87. The molecule has 4 aromatic rings. The molecule has 2 saturated heterocycles. The summed E-state index contributed by atoms with van der Waals surface area (Å²) in [6, 6.07) is 13.0. The Bertz CT molecular complexity index is 1730. The molecular weight excluding hydrogens is 715 g/mol. The van der Waals surface area contributed by atoms with Gasteiger partial charge in [0.05, 0.1) is 17.9 Å². The van der Waals surface area contributed by atoms with Gasteiger partial charge in [-0.15, -0.1) is 0 Å². The highest BCUT2D eigenvalue weighted by Gasteiger charge is 2.35. The number of carbonyl (C=O) groups excluding carboxylic acids is 2. The fraction of sp³-hybridized carbons (Fsp3) is 0.500. The lowest BCUT2D eigenvalue weighted by Gasteiger charge is -2.29. The van der Waals surface area contributed by atoms with Crippen LogP contribution in [0.15, 0.2) is 55.0 Å². The smallest absolute Gasteiger partial charge is 0.226 e. The van der Waals surface area contributed by atoms with Gasteiger partial charge in [-0.25, -0.2) is 15.0 Å². The predicted octanol–water partition coefficient (Wildman–Crippen LogP) is 7.79. The molecule has 4 heterocycles. The molecule has 0 aliphatic carbocycles. The summed E-state index contributed by atoms with van der Waals surface area (Å²) < 4.78 is 0. The Labute approximate surface area is 331 Å². The van der Waals surface area contributed by atoms with E-state index in [2.05, 4.69) is 84.4 Å². The lowest BCUT2D eigenvalue weighted by Crippen LogP contribution is -2.43. The number of H-pyrrole nitrogens is 1. The van der Waals surface area contributed by atoms with Crippen LogP contribution in [0.2, 0.25) is 0 Å². The van der Waals surface area contributed by atoms with Crippen molar-refractivity contribution in [3.8, 4) is 22.4 Å². The van der Waals surface area contributed by atoms with E-state index in [4.69, 9.17) is 4.98 Å².